The van der Waals surface area contributed by atoms with Crippen molar-refractivity contribution in [2.75, 3.05) is 0 Å². The Kier molecular flexibility index (Phi) is 7.70. The summed E-state index contributed by atoms with van der Waals surface area (Å²) in [6.07, 6.45) is 0. The van der Waals surface area contributed by atoms with Gasteiger partial charge in [0.05, 0.1) is 17.0 Å². The lowest BCUT2D eigenvalue weighted by molar-refractivity contribution is 0.437. The van der Waals surface area contributed by atoms with Gasteiger partial charge in [-0.1, -0.05) is 176 Å². The number of fused-ring (bicyclic) bond motifs is 9. The summed E-state index contributed by atoms with van der Waals surface area (Å²) in [5.41, 5.74) is 13.7. The molecule has 1 spiro atoms. The fourth-order valence-corrected chi connectivity index (χ4v) is 8.84. The third-order valence-corrected chi connectivity index (χ3v) is 11.5. The average Bonchev–Trinajstić information content (AvgIpc) is 3.59. The maximum absolute atomic E-state index is 9.98. The second-order valence-electron chi connectivity index (χ2n) is 14.6. The summed E-state index contributed by atoms with van der Waals surface area (Å²) in [4.78, 5) is 14.7. The Labute approximate surface area is 336 Å². The standard InChI is InChI=1S/C53H32N4O/c54-33-40-17-7-8-18-41(40)39-28-30-47-49(32-39)58-48-31-38(27-29-46(48)53(47)44-21-11-9-19-42(44)43-20-10-12-22-45(43)53)34-23-25-37(26-24-34)52-56-50(35-13-3-1-4-14-35)55-51(57-52)36-15-5-2-6-16-36/h1-32H. The second-order valence-corrected chi connectivity index (χ2v) is 14.6. The first-order chi connectivity index (χ1) is 28.7. The van der Waals surface area contributed by atoms with Crippen molar-refractivity contribution < 1.29 is 4.74 Å². The maximum Gasteiger partial charge on any atom is 0.164 e. The number of nitriles is 1. The molecule has 0 radical (unpaired) electrons. The SMILES string of the molecule is N#Cc1ccccc1-c1ccc2c(c1)Oc1cc(-c3ccc(-c4nc(-c5ccccc5)nc(-c5ccccc5)n4)cc3)ccc1C21c2ccccc2-c2ccccc21. The fraction of sp³-hybridized carbons (Fsp3) is 0.0189. The van der Waals surface area contributed by atoms with Crippen LogP contribution in [0.3, 0.4) is 0 Å². The molecule has 0 saturated heterocycles. The van der Waals surface area contributed by atoms with Gasteiger partial charge in [-0.15, -0.1) is 0 Å². The van der Waals surface area contributed by atoms with Crippen molar-refractivity contribution >= 4 is 0 Å². The third-order valence-electron chi connectivity index (χ3n) is 11.5. The Morgan fingerprint density at radius 3 is 1.33 bits per heavy atom. The zero-order chi connectivity index (χ0) is 38.6. The van der Waals surface area contributed by atoms with E-state index in [1.54, 1.807) is 0 Å². The Hall–Kier alpha value is -7.94. The fourth-order valence-electron chi connectivity index (χ4n) is 8.84. The van der Waals surface area contributed by atoms with Crippen LogP contribution in [0.5, 0.6) is 11.5 Å². The highest BCUT2D eigenvalue weighted by atomic mass is 16.5. The van der Waals surface area contributed by atoms with Gasteiger partial charge in [0.2, 0.25) is 0 Å². The molecule has 0 N–H and O–H groups in total. The summed E-state index contributed by atoms with van der Waals surface area (Å²) in [7, 11) is 0. The van der Waals surface area contributed by atoms with E-state index >= 15 is 0 Å². The molecule has 8 aromatic carbocycles. The minimum Gasteiger partial charge on any atom is -0.457 e. The van der Waals surface area contributed by atoms with Crippen LogP contribution in [0, 0.1) is 11.3 Å². The molecule has 1 aliphatic heterocycles. The molecule has 0 fully saturated rings. The predicted molar refractivity (Wildman–Crippen MR) is 229 cm³/mol. The molecule has 0 amide bonds. The van der Waals surface area contributed by atoms with E-state index in [1.165, 1.54) is 22.3 Å². The summed E-state index contributed by atoms with van der Waals surface area (Å²) in [5, 5.41) is 9.98. The highest BCUT2D eigenvalue weighted by molar-refractivity contribution is 5.90. The van der Waals surface area contributed by atoms with E-state index in [9.17, 15) is 5.26 Å². The Morgan fingerprint density at radius 2 is 0.776 bits per heavy atom. The lowest BCUT2D eigenvalue weighted by atomic mass is 9.65. The van der Waals surface area contributed by atoms with Gasteiger partial charge in [-0.2, -0.15) is 5.26 Å². The number of nitrogens with zero attached hydrogens (tertiary/aromatic N) is 4. The van der Waals surface area contributed by atoms with Crippen LogP contribution in [0.2, 0.25) is 0 Å². The van der Waals surface area contributed by atoms with Gasteiger partial charge in [0, 0.05) is 27.8 Å². The first kappa shape index (κ1) is 33.4. The average molecular weight is 741 g/mol. The number of benzene rings is 8. The van der Waals surface area contributed by atoms with Gasteiger partial charge in [0.25, 0.3) is 0 Å². The minimum absolute atomic E-state index is 0.600. The molecule has 270 valence electrons. The smallest absolute Gasteiger partial charge is 0.164 e. The summed E-state index contributed by atoms with van der Waals surface area (Å²) >= 11 is 0. The van der Waals surface area contributed by atoms with Gasteiger partial charge in [-0.3, -0.25) is 0 Å². The first-order valence-electron chi connectivity index (χ1n) is 19.3. The van der Waals surface area contributed by atoms with Crippen molar-refractivity contribution in [3.8, 4) is 85.1 Å². The number of aromatic nitrogens is 3. The van der Waals surface area contributed by atoms with E-state index in [0.29, 0.717) is 23.0 Å². The normalized spacial score (nSPS) is 12.7. The Bertz CT molecular complexity index is 2990. The summed E-state index contributed by atoms with van der Waals surface area (Å²) < 4.78 is 6.99. The quantitative estimate of drug-likeness (QED) is 0.176. The molecular weight excluding hydrogens is 709 g/mol. The van der Waals surface area contributed by atoms with Crippen LogP contribution in [-0.4, -0.2) is 15.0 Å². The maximum atomic E-state index is 9.98. The molecular formula is C53H32N4O. The van der Waals surface area contributed by atoms with E-state index in [1.807, 2.05) is 84.9 Å². The molecule has 2 heterocycles. The number of hydrogen-bond donors (Lipinski definition) is 0. The zero-order valence-electron chi connectivity index (χ0n) is 31.2. The first-order valence-corrected chi connectivity index (χ1v) is 19.3. The lowest BCUT2D eigenvalue weighted by Gasteiger charge is -2.39. The molecule has 5 heteroatoms. The van der Waals surface area contributed by atoms with Gasteiger partial charge >= 0.3 is 0 Å². The van der Waals surface area contributed by atoms with E-state index < -0.39 is 5.41 Å². The van der Waals surface area contributed by atoms with E-state index in [2.05, 4.69) is 115 Å². The Balaban J connectivity index is 1.04. The van der Waals surface area contributed by atoms with Crippen molar-refractivity contribution in [2.24, 2.45) is 0 Å². The number of rotatable bonds is 5. The molecule has 0 bridgehead atoms. The third kappa shape index (κ3) is 5.20. The van der Waals surface area contributed by atoms with Gasteiger partial charge in [-0.25, -0.2) is 15.0 Å². The molecule has 58 heavy (non-hydrogen) atoms. The van der Waals surface area contributed by atoms with Crippen molar-refractivity contribution in [1.29, 1.82) is 5.26 Å². The highest BCUT2D eigenvalue weighted by Crippen LogP contribution is 2.62. The molecule has 0 saturated carbocycles. The topological polar surface area (TPSA) is 71.7 Å². The van der Waals surface area contributed by atoms with E-state index in [0.717, 1.165) is 61.6 Å². The van der Waals surface area contributed by atoms with Crippen molar-refractivity contribution in [3.63, 3.8) is 0 Å². The van der Waals surface area contributed by atoms with Crippen LogP contribution in [0.4, 0.5) is 0 Å². The van der Waals surface area contributed by atoms with E-state index in [-0.39, 0.29) is 0 Å². The van der Waals surface area contributed by atoms with Gasteiger partial charge in [0.1, 0.15) is 11.5 Å². The van der Waals surface area contributed by atoms with Crippen LogP contribution in [0.25, 0.3) is 67.5 Å². The predicted octanol–water partition coefficient (Wildman–Crippen LogP) is 12.5. The monoisotopic (exact) mass is 740 g/mol. The van der Waals surface area contributed by atoms with Crippen molar-refractivity contribution in [1.82, 2.24) is 15.0 Å². The molecule has 1 aliphatic carbocycles. The summed E-state index contributed by atoms with van der Waals surface area (Å²) in [6, 6.07) is 69.0. The van der Waals surface area contributed by atoms with Crippen LogP contribution in [-0.2, 0) is 5.41 Å². The Morgan fingerprint density at radius 1 is 0.362 bits per heavy atom. The molecule has 0 atom stereocenters. The molecule has 11 rings (SSSR count). The highest BCUT2D eigenvalue weighted by Gasteiger charge is 2.51. The largest absolute Gasteiger partial charge is 0.457 e. The summed E-state index contributed by atoms with van der Waals surface area (Å²) in [5.74, 6) is 3.44. The molecule has 9 aromatic rings. The minimum atomic E-state index is -0.600. The molecule has 5 nitrogen and oxygen atoms in total. The lowest BCUT2D eigenvalue weighted by Crippen LogP contribution is -2.32. The molecule has 1 aromatic heterocycles. The molecule has 2 aliphatic rings. The second kappa shape index (κ2) is 13.4. The van der Waals surface area contributed by atoms with Crippen LogP contribution >= 0.6 is 0 Å². The van der Waals surface area contributed by atoms with Crippen LogP contribution < -0.4 is 4.74 Å². The van der Waals surface area contributed by atoms with Gasteiger partial charge in [-0.05, 0) is 62.7 Å². The van der Waals surface area contributed by atoms with Crippen LogP contribution in [0.1, 0.15) is 27.8 Å². The van der Waals surface area contributed by atoms with Crippen molar-refractivity contribution in [2.45, 2.75) is 5.41 Å². The summed E-state index contributed by atoms with van der Waals surface area (Å²) in [6.45, 7) is 0. The van der Waals surface area contributed by atoms with Gasteiger partial charge in [0.15, 0.2) is 17.5 Å². The number of ether oxygens (including phenoxy) is 1. The van der Waals surface area contributed by atoms with Gasteiger partial charge < -0.3 is 4.74 Å². The van der Waals surface area contributed by atoms with Crippen LogP contribution in [0.15, 0.2) is 194 Å². The van der Waals surface area contributed by atoms with Crippen molar-refractivity contribution in [3.05, 3.63) is 222 Å². The molecule has 0 unspecified atom stereocenters. The zero-order valence-corrected chi connectivity index (χ0v) is 31.2. The van der Waals surface area contributed by atoms with E-state index in [4.69, 9.17) is 19.7 Å². The number of hydrogen-bond acceptors (Lipinski definition) is 5.